The van der Waals surface area contributed by atoms with Crippen LogP contribution in [0.3, 0.4) is 0 Å². The zero-order valence-corrected chi connectivity index (χ0v) is 58.4. The number of esters is 1. The van der Waals surface area contributed by atoms with E-state index < -0.39 is 200 Å². The van der Waals surface area contributed by atoms with Crippen LogP contribution in [-0.4, -0.2) is 255 Å². The van der Waals surface area contributed by atoms with Crippen LogP contribution in [0.25, 0.3) is 6.08 Å². The Bertz CT molecular complexity index is 2830. The molecular formula is C71H108O26. The Labute approximate surface area is 569 Å². The van der Waals surface area contributed by atoms with Crippen LogP contribution in [0.5, 0.6) is 0 Å². The third-order valence-electron chi connectivity index (χ3n) is 24.0. The molecule has 6 aliphatic heterocycles. The van der Waals surface area contributed by atoms with Gasteiger partial charge < -0.3 is 106 Å². The highest BCUT2D eigenvalue weighted by Crippen LogP contribution is 2.70. The minimum Gasteiger partial charge on any atom is -0.458 e. The van der Waals surface area contributed by atoms with Gasteiger partial charge in [0.05, 0.1) is 73.8 Å². The van der Waals surface area contributed by atoms with E-state index in [-0.39, 0.29) is 43.5 Å². The number of rotatable bonds is 22. The zero-order valence-electron chi connectivity index (χ0n) is 58.4. The smallest absolute Gasteiger partial charge is 0.331 e. The van der Waals surface area contributed by atoms with Crippen molar-refractivity contribution in [3.63, 3.8) is 0 Å². The van der Waals surface area contributed by atoms with E-state index in [2.05, 4.69) is 13.0 Å². The van der Waals surface area contributed by atoms with Gasteiger partial charge in [-0.1, -0.05) is 55.8 Å². The Hall–Kier alpha value is -3.08. The summed E-state index contributed by atoms with van der Waals surface area (Å²) in [6.45, 7) is 14.3. The van der Waals surface area contributed by atoms with E-state index >= 15 is 0 Å². The van der Waals surface area contributed by atoms with Crippen molar-refractivity contribution in [1.29, 1.82) is 0 Å². The molecule has 3 saturated carbocycles. The minimum absolute atomic E-state index is 0.0938. The molecule has 1 aromatic carbocycles. The Balaban J connectivity index is 0.650. The molecule has 6 N–H and O–H groups in total. The average molecular weight is 1380 g/mol. The average Bonchev–Trinajstić information content (AvgIpc) is 1.62. The standard InChI is InChI=1S/C71H108O26/c1-35(73)44-23-26-71(79)69(44,8)53(91-54(74)20-19-41-17-15-14-16-18-41)33-52-68(7)24-21-42(27-43(68)22-25-70(52,71)78)45-28-46(80-9)66(40(6)85-45)97-96-58-32-50(84-13)64(38(4)89-58)94-56-30-48(82-11)62(36(2)87-56)92-55-29-47(81-10)63(37(3)86-55)93-57-31-49(83-12)65(39(5)88-57)95-67-61(77)60(76)59(75)51(34-72)90-67/h14-20,22,36-40,42,44-53,55-67,72,75-79H,21,23-34H2,1-13H3/b20-19+/t36-,37-,38-,39-,40-,42+,44+,45-,46+,47-,48-,49+,50+,51-,52-,53-,55+,56+,57?,58+,59-,60+,61-,62-,63-,64-,65-,66-,67+,68+,69+,70+,71-/m1/s1. The van der Waals surface area contributed by atoms with Crippen molar-refractivity contribution in [3.05, 3.63) is 53.6 Å². The molecule has 26 nitrogen and oxygen atoms in total. The lowest BCUT2D eigenvalue weighted by Crippen LogP contribution is -2.75. The van der Waals surface area contributed by atoms with E-state index in [0.717, 1.165) is 12.0 Å². The van der Waals surface area contributed by atoms with Gasteiger partial charge in [0.15, 0.2) is 31.5 Å². The van der Waals surface area contributed by atoms with Crippen LogP contribution in [0.15, 0.2) is 48.1 Å². The first-order chi connectivity index (χ1) is 46.3. The Kier molecular flexibility index (Phi) is 24.1. The highest BCUT2D eigenvalue weighted by molar-refractivity contribution is 5.87. The maximum absolute atomic E-state index is 13.7. The molecule has 10 aliphatic rings. The molecule has 0 amide bonds. The van der Waals surface area contributed by atoms with E-state index in [1.54, 1.807) is 41.4 Å². The molecule has 97 heavy (non-hydrogen) atoms. The SMILES string of the molecule is CO[C@H]1CC(O[C@@H]2[C@@H](C)O[C@@H](O[C@@H]3[C@@H](C)O[C@@H](O[C@H]4[C@@H](OC)C[C@H](OO[C@H]5[C@@H](OC)C[C@H]([C@H]6CC[C@@]7(C)C(=CC[C@]8(O)[C@@H]7C[C@@H](OC(=O)/C=C/c7ccccc7)[C@]7(C)[C@H](C(C)=O)CC[C@@]78O)C6)O[C@@H]5C)O[C@@H]4C)C[C@H]3OC)C[C@H]2OC)O[C@H](C)[C@H]1O[C@@H]1O[C@H](CO)[C@@H](O)[C@H](O)[C@H]1O. The number of methoxy groups -OCH3 is 5. The fraction of sp³-hybridized carbons (Fsp3) is 0.831. The van der Waals surface area contributed by atoms with Crippen LogP contribution in [0.2, 0.25) is 0 Å². The van der Waals surface area contributed by atoms with Crippen molar-refractivity contribution >= 4 is 17.8 Å². The lowest BCUT2D eigenvalue weighted by Gasteiger charge is -2.66. The molecule has 0 radical (unpaired) electrons. The predicted molar refractivity (Wildman–Crippen MR) is 341 cm³/mol. The number of ketones is 1. The molecule has 26 heteroatoms. The van der Waals surface area contributed by atoms with E-state index in [9.17, 15) is 40.2 Å². The van der Waals surface area contributed by atoms with Gasteiger partial charge >= 0.3 is 5.97 Å². The summed E-state index contributed by atoms with van der Waals surface area (Å²) >= 11 is 0. The van der Waals surface area contributed by atoms with Crippen molar-refractivity contribution in [2.75, 3.05) is 42.2 Å². The molecule has 4 aliphatic carbocycles. The quantitative estimate of drug-likeness (QED) is 0.0302. The molecule has 1 aromatic rings. The summed E-state index contributed by atoms with van der Waals surface area (Å²) in [7, 11) is 7.99. The lowest BCUT2D eigenvalue weighted by molar-refractivity contribution is -0.443. The third-order valence-corrected chi connectivity index (χ3v) is 24.0. The van der Waals surface area contributed by atoms with Crippen LogP contribution in [0.4, 0.5) is 0 Å². The number of ether oxygens (including phenoxy) is 16. The molecule has 0 bridgehead atoms. The number of fused-ring (bicyclic) bond motifs is 5. The van der Waals surface area contributed by atoms with Gasteiger partial charge in [0.2, 0.25) is 0 Å². The maximum Gasteiger partial charge on any atom is 0.331 e. The number of allylic oxidation sites excluding steroid dienone is 1. The number of aliphatic hydroxyl groups is 6. The largest absolute Gasteiger partial charge is 0.458 e. The van der Waals surface area contributed by atoms with Gasteiger partial charge in [0.1, 0.15) is 78.0 Å². The summed E-state index contributed by atoms with van der Waals surface area (Å²) in [6.07, 6.45) is -9.38. The Morgan fingerprint density at radius 2 is 1.09 bits per heavy atom. The molecule has 548 valence electrons. The number of hydrogen-bond acceptors (Lipinski definition) is 26. The first-order valence-corrected chi connectivity index (χ1v) is 35.0. The maximum atomic E-state index is 13.7. The second kappa shape index (κ2) is 31.1. The van der Waals surface area contributed by atoms with E-state index in [0.29, 0.717) is 44.9 Å². The summed E-state index contributed by atoms with van der Waals surface area (Å²) < 4.78 is 101. The summed E-state index contributed by atoms with van der Waals surface area (Å²) in [5.74, 6) is -1.61. The Morgan fingerprint density at radius 3 is 1.62 bits per heavy atom. The zero-order chi connectivity index (χ0) is 69.6. The summed E-state index contributed by atoms with van der Waals surface area (Å²) in [6, 6.07) is 9.46. The van der Waals surface area contributed by atoms with E-state index in [1.165, 1.54) is 25.7 Å². The molecule has 6 heterocycles. The Morgan fingerprint density at radius 1 is 0.588 bits per heavy atom. The summed E-state index contributed by atoms with van der Waals surface area (Å²) in [5, 5.41) is 67.1. The molecule has 1 unspecified atom stereocenters. The fourth-order valence-corrected chi connectivity index (χ4v) is 18.5. The van der Waals surface area contributed by atoms with Gasteiger partial charge in [0.25, 0.3) is 0 Å². The first-order valence-electron chi connectivity index (χ1n) is 35.0. The second-order valence-corrected chi connectivity index (χ2v) is 29.3. The van der Waals surface area contributed by atoms with Crippen molar-refractivity contribution in [2.45, 2.75) is 303 Å². The molecule has 9 fully saturated rings. The third kappa shape index (κ3) is 14.7. The lowest BCUT2D eigenvalue weighted by atomic mass is 9.42. The van der Waals surface area contributed by atoms with Crippen molar-refractivity contribution in [2.24, 2.45) is 28.6 Å². The highest BCUT2D eigenvalue weighted by atomic mass is 17.2. The van der Waals surface area contributed by atoms with Gasteiger partial charge in [0, 0.05) is 91.0 Å². The van der Waals surface area contributed by atoms with E-state index in [4.69, 9.17) is 85.6 Å². The number of benzene rings is 1. The van der Waals surface area contributed by atoms with Gasteiger partial charge in [-0.2, -0.15) is 0 Å². The van der Waals surface area contributed by atoms with Crippen molar-refractivity contribution in [3.8, 4) is 0 Å². The van der Waals surface area contributed by atoms with Gasteiger partial charge in [-0.3, -0.25) is 4.79 Å². The van der Waals surface area contributed by atoms with Gasteiger partial charge in [-0.05, 0) is 109 Å². The van der Waals surface area contributed by atoms with Crippen molar-refractivity contribution in [1.82, 2.24) is 0 Å². The molecule has 6 saturated heterocycles. The fourth-order valence-electron chi connectivity index (χ4n) is 18.5. The van der Waals surface area contributed by atoms with Crippen LogP contribution in [-0.2, 0) is 95.2 Å². The second-order valence-electron chi connectivity index (χ2n) is 29.3. The molecule has 0 aromatic heterocycles. The molecule has 33 atom stereocenters. The van der Waals surface area contributed by atoms with Gasteiger partial charge in [-0.25, -0.2) is 14.6 Å². The summed E-state index contributed by atoms with van der Waals surface area (Å²) in [5.41, 5.74) is -2.99. The van der Waals surface area contributed by atoms with Crippen LogP contribution < -0.4 is 0 Å². The van der Waals surface area contributed by atoms with Crippen LogP contribution in [0, 0.1) is 28.6 Å². The van der Waals surface area contributed by atoms with Crippen molar-refractivity contribution < 1.29 is 126 Å². The van der Waals surface area contributed by atoms with E-state index in [1.807, 2.05) is 65.0 Å². The number of aliphatic hydroxyl groups excluding tert-OH is 4. The van der Waals surface area contributed by atoms with Crippen LogP contribution in [0.1, 0.15) is 138 Å². The normalized spacial score (nSPS) is 48.7. The monoisotopic (exact) mass is 1380 g/mol. The number of carbonyl (C=O) groups excluding carboxylic acids is 2. The summed E-state index contributed by atoms with van der Waals surface area (Å²) in [4.78, 5) is 39.4. The topological polar surface area (TPSA) is 322 Å². The first kappa shape index (κ1) is 75.1. The number of hydrogen-bond donors (Lipinski definition) is 6. The van der Waals surface area contributed by atoms with Crippen LogP contribution >= 0.6 is 0 Å². The molecular weight excluding hydrogens is 1270 g/mol. The molecule has 0 spiro atoms. The minimum atomic E-state index is -1.70. The number of Topliss-reactive ketones (excluding diaryl/α,β-unsaturated/α-hetero) is 1. The highest BCUT2D eigenvalue weighted by Gasteiger charge is 2.77. The molecule has 11 rings (SSSR count). The predicted octanol–water partition coefficient (Wildman–Crippen LogP) is 4.69. The van der Waals surface area contributed by atoms with Gasteiger partial charge in [-0.15, -0.1) is 0 Å². The number of carbonyl (C=O) groups is 2.